The molecule has 0 saturated heterocycles. The van der Waals surface area contributed by atoms with E-state index in [1.807, 2.05) is 47.8 Å². The molecule has 0 saturated carbocycles. The van der Waals surface area contributed by atoms with E-state index >= 15 is 0 Å². The Labute approximate surface area is 153 Å². The number of rotatable bonds is 3. The van der Waals surface area contributed by atoms with E-state index in [0.29, 0.717) is 5.56 Å². The van der Waals surface area contributed by atoms with Gasteiger partial charge in [-0.05, 0) is 29.8 Å². The van der Waals surface area contributed by atoms with Gasteiger partial charge in [-0.2, -0.15) is 10.4 Å². The first-order chi connectivity index (χ1) is 12.8. The van der Waals surface area contributed by atoms with Gasteiger partial charge in [0.05, 0.1) is 17.8 Å². The van der Waals surface area contributed by atoms with Gasteiger partial charge in [0, 0.05) is 17.8 Å². The summed E-state index contributed by atoms with van der Waals surface area (Å²) in [5, 5.41) is 16.5. The summed E-state index contributed by atoms with van der Waals surface area (Å²) in [6.45, 7) is 0. The van der Waals surface area contributed by atoms with Crippen LogP contribution in [0, 0.1) is 11.3 Å². The Morgan fingerprint density at radius 2 is 1.96 bits per heavy atom. The lowest BCUT2D eigenvalue weighted by Gasteiger charge is -2.00. The monoisotopic (exact) mass is 358 g/mol. The summed E-state index contributed by atoms with van der Waals surface area (Å²) in [7, 11) is 1.74. The minimum absolute atomic E-state index is 0.623. The van der Waals surface area contributed by atoms with Crippen molar-refractivity contribution >= 4 is 28.5 Å². The molecule has 0 amide bonds. The van der Waals surface area contributed by atoms with Crippen molar-refractivity contribution in [2.75, 3.05) is 7.05 Å². The molecule has 0 bridgehead atoms. The molecule has 0 fully saturated rings. The van der Waals surface area contributed by atoms with Crippen LogP contribution in [0.15, 0.2) is 74.5 Å². The third kappa shape index (κ3) is 2.96. The number of nitrogens with zero attached hydrogens (tertiary/aromatic N) is 4. The van der Waals surface area contributed by atoms with E-state index in [9.17, 15) is 0 Å². The number of thiazole rings is 1. The predicted octanol–water partition coefficient (Wildman–Crippen LogP) is 4.25. The van der Waals surface area contributed by atoms with Crippen LogP contribution in [0.25, 0.3) is 22.4 Å². The van der Waals surface area contributed by atoms with Gasteiger partial charge in [-0.3, -0.25) is 4.99 Å². The van der Waals surface area contributed by atoms with Gasteiger partial charge in [0.15, 0.2) is 5.76 Å². The molecule has 126 valence electrons. The molecule has 0 spiro atoms. The summed E-state index contributed by atoms with van der Waals surface area (Å²) in [6.07, 6.45) is 1.74. The quantitative estimate of drug-likeness (QED) is 0.514. The fourth-order valence-electron chi connectivity index (χ4n) is 2.61. The van der Waals surface area contributed by atoms with Gasteiger partial charge in [0.2, 0.25) is 4.80 Å². The summed E-state index contributed by atoms with van der Waals surface area (Å²) in [6, 6.07) is 19.3. The van der Waals surface area contributed by atoms with E-state index in [1.54, 1.807) is 30.1 Å². The first-order valence-corrected chi connectivity index (χ1v) is 8.83. The summed E-state index contributed by atoms with van der Waals surface area (Å²) >= 11 is 1.50. The minimum Gasteiger partial charge on any atom is -0.454 e. The van der Waals surface area contributed by atoms with Crippen LogP contribution in [0.5, 0.6) is 0 Å². The number of aromatic nitrogens is 1. The third-order valence-electron chi connectivity index (χ3n) is 3.92. The second kappa shape index (κ2) is 6.82. The first kappa shape index (κ1) is 16.1. The van der Waals surface area contributed by atoms with Gasteiger partial charge >= 0.3 is 0 Å². The second-order valence-corrected chi connectivity index (χ2v) is 6.40. The fourth-order valence-corrected chi connectivity index (χ4v) is 3.39. The molecule has 26 heavy (non-hydrogen) atoms. The Hall–Kier alpha value is -3.43. The highest BCUT2D eigenvalue weighted by Gasteiger charge is 2.12. The number of nitriles is 1. The Morgan fingerprint density at radius 3 is 2.69 bits per heavy atom. The Morgan fingerprint density at radius 1 is 1.15 bits per heavy atom. The van der Waals surface area contributed by atoms with E-state index in [1.165, 1.54) is 11.3 Å². The summed E-state index contributed by atoms with van der Waals surface area (Å²) in [4.78, 5) is 5.06. The maximum atomic E-state index is 8.89. The van der Waals surface area contributed by atoms with Crippen molar-refractivity contribution in [3.63, 3.8) is 0 Å². The maximum absolute atomic E-state index is 8.89. The van der Waals surface area contributed by atoms with E-state index in [2.05, 4.69) is 16.2 Å². The largest absolute Gasteiger partial charge is 0.454 e. The third-order valence-corrected chi connectivity index (χ3v) is 4.82. The van der Waals surface area contributed by atoms with Crippen molar-refractivity contribution in [2.24, 2.45) is 10.1 Å². The molecule has 0 unspecified atom stereocenters. The van der Waals surface area contributed by atoms with Crippen molar-refractivity contribution in [2.45, 2.75) is 0 Å². The number of hydrogen-bond donors (Lipinski definition) is 0. The normalized spacial score (nSPS) is 12.1. The zero-order valence-electron chi connectivity index (χ0n) is 14.0. The van der Waals surface area contributed by atoms with E-state index in [4.69, 9.17) is 9.68 Å². The van der Waals surface area contributed by atoms with Crippen molar-refractivity contribution in [3.8, 4) is 17.5 Å². The predicted molar refractivity (Wildman–Crippen MR) is 103 cm³/mol. The average molecular weight is 358 g/mol. The molecule has 2 aromatic heterocycles. The van der Waals surface area contributed by atoms with Crippen LogP contribution in [0.1, 0.15) is 11.1 Å². The Kier molecular flexibility index (Phi) is 4.22. The van der Waals surface area contributed by atoms with Crippen molar-refractivity contribution < 1.29 is 4.42 Å². The lowest BCUT2D eigenvalue weighted by atomic mass is 10.2. The van der Waals surface area contributed by atoms with Crippen LogP contribution in [0.3, 0.4) is 0 Å². The van der Waals surface area contributed by atoms with E-state index in [-0.39, 0.29) is 0 Å². The summed E-state index contributed by atoms with van der Waals surface area (Å²) in [5.74, 6) is 0.745. The molecule has 0 aliphatic heterocycles. The zero-order valence-corrected chi connectivity index (χ0v) is 14.8. The Balaban J connectivity index is 1.77. The maximum Gasteiger partial charge on any atom is 0.206 e. The molecular weight excluding hydrogens is 344 g/mol. The molecule has 5 nitrogen and oxygen atoms in total. The van der Waals surface area contributed by atoms with Gasteiger partial charge in [0.1, 0.15) is 11.3 Å². The molecule has 6 heteroatoms. The number of benzene rings is 2. The van der Waals surface area contributed by atoms with Gasteiger partial charge in [-0.25, -0.2) is 4.68 Å². The molecular formula is C20H14N4OS. The van der Waals surface area contributed by atoms with Crippen LogP contribution < -0.4 is 4.80 Å². The zero-order chi connectivity index (χ0) is 17.9. The molecule has 0 atom stereocenters. The molecule has 0 radical (unpaired) electrons. The molecule has 2 aromatic carbocycles. The summed E-state index contributed by atoms with van der Waals surface area (Å²) in [5.41, 5.74) is 3.21. The first-order valence-electron chi connectivity index (χ1n) is 7.95. The highest BCUT2D eigenvalue weighted by atomic mass is 32.1. The fraction of sp³-hybridized carbons (Fsp3) is 0.0500. The van der Waals surface area contributed by atoms with Crippen LogP contribution in [-0.2, 0) is 0 Å². The molecule has 0 aliphatic carbocycles. The van der Waals surface area contributed by atoms with Crippen LogP contribution in [-0.4, -0.2) is 17.9 Å². The van der Waals surface area contributed by atoms with E-state index in [0.717, 1.165) is 32.8 Å². The number of hydrogen-bond acceptors (Lipinski definition) is 5. The van der Waals surface area contributed by atoms with Crippen LogP contribution in [0.2, 0.25) is 0 Å². The van der Waals surface area contributed by atoms with Crippen molar-refractivity contribution in [1.29, 1.82) is 5.26 Å². The number of fused-ring (bicyclic) bond motifs is 1. The highest BCUT2D eigenvalue weighted by Crippen LogP contribution is 2.28. The SMILES string of the molecule is CN=c1scc(-c2cc3ccccc3o2)n1/N=C\c1ccc(C#N)cc1. The summed E-state index contributed by atoms with van der Waals surface area (Å²) < 4.78 is 7.73. The molecule has 4 rings (SSSR count). The average Bonchev–Trinajstić information content (AvgIpc) is 3.29. The molecule has 2 heterocycles. The topological polar surface area (TPSA) is 66.6 Å². The van der Waals surface area contributed by atoms with Gasteiger partial charge in [0.25, 0.3) is 0 Å². The number of furan rings is 1. The number of para-hydroxylation sites is 1. The molecule has 0 aliphatic rings. The van der Waals surface area contributed by atoms with Crippen molar-refractivity contribution in [3.05, 3.63) is 75.9 Å². The van der Waals surface area contributed by atoms with Gasteiger partial charge in [-0.15, -0.1) is 11.3 Å². The van der Waals surface area contributed by atoms with Crippen LogP contribution in [0.4, 0.5) is 0 Å². The van der Waals surface area contributed by atoms with Gasteiger partial charge in [-0.1, -0.05) is 30.3 Å². The lowest BCUT2D eigenvalue weighted by molar-refractivity contribution is 0.622. The van der Waals surface area contributed by atoms with Gasteiger partial charge < -0.3 is 4.42 Å². The lowest BCUT2D eigenvalue weighted by Crippen LogP contribution is -2.11. The highest BCUT2D eigenvalue weighted by molar-refractivity contribution is 7.07. The van der Waals surface area contributed by atoms with E-state index < -0.39 is 0 Å². The second-order valence-electron chi connectivity index (χ2n) is 5.57. The standard InChI is InChI=1S/C20H14N4OS/c1-22-20-24(23-12-15-8-6-14(11-21)7-9-15)17(13-26-20)19-10-16-4-2-3-5-18(16)25-19/h2-10,12-13H,1H3/b22-20?,23-12-. The minimum atomic E-state index is 0.623. The van der Waals surface area contributed by atoms with Crippen molar-refractivity contribution in [1.82, 2.24) is 4.68 Å². The Bertz CT molecular complexity index is 1170. The van der Waals surface area contributed by atoms with Crippen LogP contribution >= 0.6 is 11.3 Å². The molecule has 4 aromatic rings. The molecule has 0 N–H and O–H groups in total. The smallest absolute Gasteiger partial charge is 0.206 e.